The van der Waals surface area contributed by atoms with Crippen LogP contribution in [0.5, 0.6) is 0 Å². The summed E-state index contributed by atoms with van der Waals surface area (Å²) in [6.45, 7) is 5.96. The minimum atomic E-state index is -0.330. The van der Waals surface area contributed by atoms with Crippen LogP contribution in [0.15, 0.2) is 42.5 Å². The number of para-hydroxylation sites is 1. The molecule has 0 aliphatic carbocycles. The van der Waals surface area contributed by atoms with E-state index in [0.717, 1.165) is 25.9 Å². The molecule has 0 unspecified atom stereocenters. The first-order chi connectivity index (χ1) is 15.3. The molecule has 0 saturated carbocycles. The summed E-state index contributed by atoms with van der Waals surface area (Å²) in [4.78, 5) is 39.7. The van der Waals surface area contributed by atoms with Crippen LogP contribution in [0.4, 0.5) is 11.4 Å². The van der Waals surface area contributed by atoms with Crippen LogP contribution in [0.2, 0.25) is 5.02 Å². The second kappa shape index (κ2) is 11.0. The number of anilines is 2. The zero-order chi connectivity index (χ0) is 23.1. The Kier molecular flexibility index (Phi) is 8.11. The smallest absolute Gasteiger partial charge is 0.256 e. The molecule has 0 atom stereocenters. The number of rotatable bonds is 8. The fourth-order valence-electron chi connectivity index (χ4n) is 3.49. The Morgan fingerprint density at radius 2 is 1.72 bits per heavy atom. The van der Waals surface area contributed by atoms with E-state index < -0.39 is 0 Å². The SMILES string of the molecule is CC(C)CNC(=O)c1ccccc1NC(=O)CNc1ccc(Cl)cc1C(=O)N1CCCC1. The molecule has 0 radical (unpaired) electrons. The number of likely N-dealkylation sites (tertiary alicyclic amines) is 1. The molecule has 0 bridgehead atoms. The molecule has 3 rings (SSSR count). The number of nitrogens with zero attached hydrogens (tertiary/aromatic N) is 1. The van der Waals surface area contributed by atoms with Crippen LogP contribution in [0.1, 0.15) is 47.4 Å². The van der Waals surface area contributed by atoms with Crippen molar-refractivity contribution in [2.24, 2.45) is 5.92 Å². The maximum absolute atomic E-state index is 12.9. The second-order valence-electron chi connectivity index (χ2n) is 8.24. The van der Waals surface area contributed by atoms with Crippen LogP contribution in [-0.4, -0.2) is 48.8 Å². The molecule has 0 spiro atoms. The van der Waals surface area contributed by atoms with Gasteiger partial charge in [-0.05, 0) is 49.1 Å². The van der Waals surface area contributed by atoms with Gasteiger partial charge in [0.2, 0.25) is 5.91 Å². The summed E-state index contributed by atoms with van der Waals surface area (Å²) in [5, 5.41) is 9.14. The van der Waals surface area contributed by atoms with Gasteiger partial charge in [0.1, 0.15) is 0 Å². The summed E-state index contributed by atoms with van der Waals surface area (Å²) in [7, 11) is 0. The Hall–Kier alpha value is -3.06. The monoisotopic (exact) mass is 456 g/mol. The van der Waals surface area contributed by atoms with Crippen LogP contribution in [0.3, 0.4) is 0 Å². The first kappa shape index (κ1) is 23.6. The summed E-state index contributed by atoms with van der Waals surface area (Å²) < 4.78 is 0. The van der Waals surface area contributed by atoms with Crippen molar-refractivity contribution in [3.05, 3.63) is 58.6 Å². The second-order valence-corrected chi connectivity index (χ2v) is 8.68. The van der Waals surface area contributed by atoms with Gasteiger partial charge in [-0.2, -0.15) is 0 Å². The van der Waals surface area contributed by atoms with E-state index >= 15 is 0 Å². The molecule has 1 aliphatic rings. The zero-order valence-electron chi connectivity index (χ0n) is 18.4. The van der Waals surface area contributed by atoms with E-state index in [0.29, 0.717) is 40.0 Å². The largest absolute Gasteiger partial charge is 0.375 e. The Balaban J connectivity index is 1.66. The van der Waals surface area contributed by atoms with E-state index in [2.05, 4.69) is 16.0 Å². The van der Waals surface area contributed by atoms with Crippen molar-refractivity contribution >= 4 is 40.7 Å². The predicted octanol–water partition coefficient (Wildman–Crippen LogP) is 4.01. The topological polar surface area (TPSA) is 90.5 Å². The molecule has 8 heteroatoms. The van der Waals surface area contributed by atoms with Crippen molar-refractivity contribution < 1.29 is 14.4 Å². The Bertz CT molecular complexity index is 987. The fourth-order valence-corrected chi connectivity index (χ4v) is 3.66. The molecule has 7 nitrogen and oxygen atoms in total. The highest BCUT2D eigenvalue weighted by Gasteiger charge is 2.22. The maximum atomic E-state index is 12.9. The van der Waals surface area contributed by atoms with Gasteiger partial charge in [0, 0.05) is 30.3 Å². The third-order valence-corrected chi connectivity index (χ3v) is 5.40. The highest BCUT2D eigenvalue weighted by Crippen LogP contribution is 2.24. The molecule has 1 saturated heterocycles. The molecule has 32 heavy (non-hydrogen) atoms. The Morgan fingerprint density at radius 1 is 1.00 bits per heavy atom. The lowest BCUT2D eigenvalue weighted by Gasteiger charge is -2.19. The lowest BCUT2D eigenvalue weighted by Crippen LogP contribution is -2.30. The van der Waals surface area contributed by atoms with Crippen LogP contribution >= 0.6 is 11.6 Å². The average molecular weight is 457 g/mol. The van der Waals surface area contributed by atoms with Gasteiger partial charge in [-0.1, -0.05) is 37.6 Å². The molecule has 2 aromatic carbocycles. The number of carbonyl (C=O) groups is 3. The van der Waals surface area contributed by atoms with Crippen molar-refractivity contribution in [1.29, 1.82) is 0 Å². The van der Waals surface area contributed by atoms with Gasteiger partial charge in [-0.3, -0.25) is 14.4 Å². The minimum absolute atomic E-state index is 0.0656. The van der Waals surface area contributed by atoms with Gasteiger partial charge in [0.15, 0.2) is 0 Å². The van der Waals surface area contributed by atoms with Crippen LogP contribution in [0.25, 0.3) is 0 Å². The number of hydrogen-bond acceptors (Lipinski definition) is 4. The number of halogens is 1. The summed E-state index contributed by atoms with van der Waals surface area (Å²) in [6, 6.07) is 11.9. The van der Waals surface area contributed by atoms with Crippen molar-refractivity contribution in [2.45, 2.75) is 26.7 Å². The van der Waals surface area contributed by atoms with Gasteiger partial charge in [0.25, 0.3) is 11.8 Å². The molecule has 2 aromatic rings. The molecule has 1 fully saturated rings. The molecule has 0 aromatic heterocycles. The van der Waals surface area contributed by atoms with E-state index in [1.165, 1.54) is 0 Å². The maximum Gasteiger partial charge on any atom is 0.256 e. The van der Waals surface area contributed by atoms with Gasteiger partial charge >= 0.3 is 0 Å². The van der Waals surface area contributed by atoms with Crippen molar-refractivity contribution in [3.8, 4) is 0 Å². The lowest BCUT2D eigenvalue weighted by atomic mass is 10.1. The van der Waals surface area contributed by atoms with E-state index in [9.17, 15) is 14.4 Å². The normalized spacial score (nSPS) is 13.2. The Morgan fingerprint density at radius 3 is 2.44 bits per heavy atom. The van der Waals surface area contributed by atoms with Gasteiger partial charge in [-0.25, -0.2) is 0 Å². The number of amides is 3. The van der Waals surface area contributed by atoms with Crippen molar-refractivity contribution in [2.75, 3.05) is 36.8 Å². The standard InChI is InChI=1S/C24H29ClN4O3/c1-16(2)14-27-23(31)18-7-3-4-8-21(18)28-22(30)15-26-20-10-9-17(25)13-19(20)24(32)29-11-5-6-12-29/h3-4,7-10,13,16,26H,5-6,11-12,14-15H2,1-2H3,(H,27,31)(H,28,30). The number of nitrogens with one attached hydrogen (secondary N) is 3. The van der Waals surface area contributed by atoms with E-state index in [1.54, 1.807) is 47.4 Å². The molecule has 1 heterocycles. The van der Waals surface area contributed by atoms with E-state index in [4.69, 9.17) is 11.6 Å². The van der Waals surface area contributed by atoms with Gasteiger partial charge in [0.05, 0.1) is 23.4 Å². The summed E-state index contributed by atoms with van der Waals surface area (Å²) in [5.74, 6) is -0.343. The van der Waals surface area contributed by atoms with Crippen LogP contribution < -0.4 is 16.0 Å². The minimum Gasteiger partial charge on any atom is -0.375 e. The number of carbonyl (C=O) groups excluding carboxylic acids is 3. The fraction of sp³-hybridized carbons (Fsp3) is 0.375. The van der Waals surface area contributed by atoms with Crippen molar-refractivity contribution in [3.63, 3.8) is 0 Å². The molecular formula is C24H29ClN4O3. The molecule has 1 aliphatic heterocycles. The molecular weight excluding hydrogens is 428 g/mol. The third-order valence-electron chi connectivity index (χ3n) is 5.16. The molecule has 3 N–H and O–H groups in total. The predicted molar refractivity (Wildman–Crippen MR) is 127 cm³/mol. The summed E-state index contributed by atoms with van der Waals surface area (Å²) in [6.07, 6.45) is 1.98. The quantitative estimate of drug-likeness (QED) is 0.559. The van der Waals surface area contributed by atoms with Gasteiger partial charge in [-0.15, -0.1) is 0 Å². The summed E-state index contributed by atoms with van der Waals surface area (Å²) >= 11 is 6.11. The first-order valence-corrected chi connectivity index (χ1v) is 11.2. The number of hydrogen-bond donors (Lipinski definition) is 3. The van der Waals surface area contributed by atoms with Crippen molar-refractivity contribution in [1.82, 2.24) is 10.2 Å². The molecule has 170 valence electrons. The summed E-state index contributed by atoms with van der Waals surface area (Å²) in [5.41, 5.74) is 1.83. The number of benzene rings is 2. The highest BCUT2D eigenvalue weighted by atomic mass is 35.5. The lowest BCUT2D eigenvalue weighted by molar-refractivity contribution is -0.114. The molecule has 3 amide bonds. The van der Waals surface area contributed by atoms with Crippen LogP contribution in [0, 0.1) is 5.92 Å². The Labute approximate surface area is 193 Å². The van der Waals surface area contributed by atoms with E-state index in [-0.39, 0.29) is 24.3 Å². The van der Waals surface area contributed by atoms with E-state index in [1.807, 2.05) is 13.8 Å². The average Bonchev–Trinajstić information content (AvgIpc) is 3.31. The first-order valence-electron chi connectivity index (χ1n) is 10.8. The zero-order valence-corrected chi connectivity index (χ0v) is 19.2. The third kappa shape index (κ3) is 6.23. The van der Waals surface area contributed by atoms with Gasteiger partial charge < -0.3 is 20.9 Å². The van der Waals surface area contributed by atoms with Crippen LogP contribution in [-0.2, 0) is 4.79 Å². The highest BCUT2D eigenvalue weighted by molar-refractivity contribution is 6.31.